The molecule has 0 fully saturated rings. The third-order valence-electron chi connectivity index (χ3n) is 30.3. The Morgan fingerprint density at radius 2 is 0.213 bits per heavy atom. The molecule has 0 N–H and O–H groups in total. The molecule has 0 spiro atoms. The van der Waals surface area contributed by atoms with Crippen molar-refractivity contribution in [3.05, 3.63) is 582 Å². The number of nitrogens with zero attached hydrogens (tertiary/aromatic N) is 6. The third-order valence-corrected chi connectivity index (χ3v) is 30.3. The van der Waals surface area contributed by atoms with Crippen molar-refractivity contribution in [1.29, 1.82) is 0 Å². The lowest BCUT2D eigenvalue weighted by molar-refractivity contribution is 1.18. The molecule has 0 aliphatic rings. The zero-order valence-corrected chi connectivity index (χ0v) is 82.1. The molecule has 0 radical (unpaired) electrons. The number of rotatable bonds is 15. The summed E-state index contributed by atoms with van der Waals surface area (Å²) >= 11 is 0. The van der Waals surface area contributed by atoms with Crippen LogP contribution in [0.2, 0.25) is 0 Å². The predicted molar refractivity (Wildman–Crippen MR) is 634 cm³/mol. The van der Waals surface area contributed by atoms with E-state index in [1.54, 1.807) is 0 Å². The number of hydrogen-bond acceptors (Lipinski definition) is 0. The van der Waals surface area contributed by atoms with Crippen molar-refractivity contribution in [3.63, 3.8) is 0 Å². The molecule has 0 aliphatic carbocycles. The van der Waals surface area contributed by atoms with Gasteiger partial charge in [0.2, 0.25) is 0 Å². The van der Waals surface area contributed by atoms with E-state index < -0.39 is 0 Å². The van der Waals surface area contributed by atoms with Crippen LogP contribution in [-0.2, 0) is 0 Å². The molecule has 0 bridgehead atoms. The van der Waals surface area contributed by atoms with Crippen LogP contribution < -0.4 is 0 Å². The lowest BCUT2D eigenvalue weighted by Crippen LogP contribution is -1.96. The van der Waals surface area contributed by atoms with Crippen LogP contribution in [0.25, 0.3) is 265 Å². The quantitative estimate of drug-likeness (QED) is 0.0979. The van der Waals surface area contributed by atoms with Gasteiger partial charge in [0, 0.05) is 98.8 Å². The molecule has 6 heteroatoms. The number of para-hydroxylation sites is 7. The maximum atomic E-state index is 2.46. The molecule has 0 amide bonds. The van der Waals surface area contributed by atoms with Gasteiger partial charge in [-0.05, 0) is 306 Å². The van der Waals surface area contributed by atoms with Gasteiger partial charge >= 0.3 is 0 Å². The monoisotopic (exact) mass is 1910 g/mol. The molecular formula is C144H96N6. The Morgan fingerprint density at radius 1 is 0.0733 bits per heavy atom. The highest BCUT2D eigenvalue weighted by molar-refractivity contribution is 6.18. The summed E-state index contributed by atoms with van der Waals surface area (Å²) in [4.78, 5) is 0. The summed E-state index contributed by atoms with van der Waals surface area (Å²) in [5.41, 5.74) is 43.2. The fraction of sp³-hybridized carbons (Fsp3) is 0. The number of benzene rings is 24. The molecule has 6 aromatic heterocycles. The van der Waals surface area contributed by atoms with Crippen LogP contribution in [0.3, 0.4) is 0 Å². The van der Waals surface area contributed by atoms with Crippen LogP contribution in [0, 0.1) is 0 Å². The Balaban J connectivity index is 0.000000109. The zero-order valence-electron chi connectivity index (χ0n) is 82.1. The normalized spacial score (nSPS) is 11.6. The van der Waals surface area contributed by atoms with E-state index in [0.717, 1.165) is 11.4 Å². The van der Waals surface area contributed by atoms with Gasteiger partial charge in [-0.1, -0.05) is 376 Å². The SMILES string of the molecule is c1ccc(-c2cc(-c3ccccc3)cc(-n3c4ccc(-c5ccccc5)cc4c4cc(-c5ccc6c(c5)c5ccccc5n6-c5ccccc5)ccc43)c2)cc1.c1ccc(-c2ccc(-n3c4ccc(-c5ccccc5)cc4c4cc(-c5ccc6c(c5)c5ccccc5n6-c5ccccc5)ccc43)cc2)cc1.c1ccc(-c2ccc3c(c2)c2cc(-c4ccc5c(c4)c4ccccc4n5-c4ccccc4)ccc2n3-c2ccccc2)cc1. The second-order valence-electron chi connectivity index (χ2n) is 39.0. The van der Waals surface area contributed by atoms with Crippen LogP contribution in [0.4, 0.5) is 0 Å². The van der Waals surface area contributed by atoms with Crippen molar-refractivity contribution >= 4 is 131 Å². The molecule has 0 saturated heterocycles. The molecule has 0 atom stereocenters. The highest BCUT2D eigenvalue weighted by atomic mass is 15.0. The number of aromatic nitrogens is 6. The Labute approximate surface area is 868 Å². The molecule has 0 saturated carbocycles. The highest BCUT2D eigenvalue weighted by Gasteiger charge is 2.25. The first-order valence-electron chi connectivity index (χ1n) is 51.6. The molecule has 30 rings (SSSR count). The fourth-order valence-electron chi connectivity index (χ4n) is 23.2. The molecule has 0 unspecified atom stereocenters. The first-order valence-corrected chi connectivity index (χ1v) is 51.6. The van der Waals surface area contributed by atoms with E-state index in [0.29, 0.717) is 0 Å². The van der Waals surface area contributed by atoms with E-state index >= 15 is 0 Å². The Bertz CT molecular complexity index is 10300. The zero-order chi connectivity index (χ0) is 99.1. The predicted octanol–water partition coefficient (Wildman–Crippen LogP) is 38.6. The van der Waals surface area contributed by atoms with Crippen LogP contribution in [0.15, 0.2) is 582 Å². The summed E-state index contributed by atoms with van der Waals surface area (Å²) < 4.78 is 14.4. The average molecular weight is 1910 g/mol. The van der Waals surface area contributed by atoms with Gasteiger partial charge in [0.15, 0.2) is 0 Å². The molecule has 30 aromatic rings. The minimum Gasteiger partial charge on any atom is -0.309 e. The maximum Gasteiger partial charge on any atom is 0.0541 e. The minimum absolute atomic E-state index is 1.14. The van der Waals surface area contributed by atoms with Crippen LogP contribution in [-0.4, -0.2) is 27.4 Å². The lowest BCUT2D eigenvalue weighted by Gasteiger charge is -2.14. The molecule has 702 valence electrons. The standard InChI is InChI=1S/C54H36N2.C48H32N2.C42H28N2/c1-5-15-37(16-6-1)40-25-28-53-49(34-40)50-36-42(41-26-29-52-48(35-41)47-23-13-14-24-51(47)55(52)45-21-11-4-12-22-45)27-30-54(50)56(53)46-32-43(38-17-7-2-8-18-38)31-44(33-46)39-19-9-3-10-20-39;1-4-12-33(13-5-1)35-20-25-40(26-21-35)50-47-27-22-36(34-14-6-2-7-15-34)30-43(47)44-32-38(24-29-48(44)50)37-23-28-46-42(31-37)41-18-10-11-19-45(41)49(46)39-16-8-3-9-17-39;1-4-12-29(13-5-1)30-20-23-41-37(26-30)38-28-32(22-25-42(38)44(41)34-16-8-3-9-17-34)31-21-24-40-36(27-31)35-18-10-11-19-39(35)43(40)33-14-6-2-7-15-33/h1-36H;1-32H;1-28H. The van der Waals surface area contributed by atoms with Gasteiger partial charge in [-0.2, -0.15) is 0 Å². The van der Waals surface area contributed by atoms with E-state index in [1.807, 2.05) is 0 Å². The van der Waals surface area contributed by atoms with Gasteiger partial charge in [0.25, 0.3) is 0 Å². The summed E-state index contributed by atoms with van der Waals surface area (Å²) in [5, 5.41) is 15.0. The second-order valence-corrected chi connectivity index (χ2v) is 39.0. The van der Waals surface area contributed by atoms with E-state index in [4.69, 9.17) is 0 Å². The van der Waals surface area contributed by atoms with Gasteiger partial charge in [-0.3, -0.25) is 0 Å². The van der Waals surface area contributed by atoms with Crippen molar-refractivity contribution in [2.24, 2.45) is 0 Å². The van der Waals surface area contributed by atoms with Gasteiger partial charge in [0.1, 0.15) is 0 Å². The maximum absolute atomic E-state index is 2.46. The molecular weight excluding hydrogens is 1810 g/mol. The summed E-state index contributed by atoms with van der Waals surface area (Å²) in [6.45, 7) is 0. The summed E-state index contributed by atoms with van der Waals surface area (Å²) in [5.74, 6) is 0. The fourth-order valence-corrected chi connectivity index (χ4v) is 23.2. The van der Waals surface area contributed by atoms with E-state index in [1.165, 1.54) is 254 Å². The van der Waals surface area contributed by atoms with Crippen molar-refractivity contribution in [1.82, 2.24) is 27.4 Å². The van der Waals surface area contributed by atoms with Crippen LogP contribution >= 0.6 is 0 Å². The topological polar surface area (TPSA) is 29.6 Å². The van der Waals surface area contributed by atoms with Gasteiger partial charge < -0.3 is 27.4 Å². The molecule has 24 aromatic carbocycles. The van der Waals surface area contributed by atoms with E-state index in [2.05, 4.69) is 610 Å². The van der Waals surface area contributed by atoms with Crippen molar-refractivity contribution in [2.75, 3.05) is 0 Å². The Kier molecular flexibility index (Phi) is 21.9. The number of hydrogen-bond donors (Lipinski definition) is 0. The summed E-state index contributed by atoms with van der Waals surface area (Å²) in [7, 11) is 0. The smallest absolute Gasteiger partial charge is 0.0541 e. The Morgan fingerprint density at radius 3 is 0.433 bits per heavy atom. The minimum atomic E-state index is 1.14. The molecule has 0 aliphatic heterocycles. The first-order chi connectivity index (χ1) is 74.4. The third kappa shape index (κ3) is 15.6. The largest absolute Gasteiger partial charge is 0.309 e. The van der Waals surface area contributed by atoms with Crippen molar-refractivity contribution in [3.8, 4) is 134 Å². The molecule has 150 heavy (non-hydrogen) atoms. The first kappa shape index (κ1) is 87.8. The van der Waals surface area contributed by atoms with Crippen LogP contribution in [0.1, 0.15) is 0 Å². The molecule has 6 nitrogen and oxygen atoms in total. The Hall–Kier alpha value is -19.9. The van der Waals surface area contributed by atoms with Crippen molar-refractivity contribution in [2.45, 2.75) is 0 Å². The van der Waals surface area contributed by atoms with Crippen LogP contribution in [0.5, 0.6) is 0 Å². The van der Waals surface area contributed by atoms with Gasteiger partial charge in [-0.25, -0.2) is 0 Å². The molecule has 6 heterocycles. The highest BCUT2D eigenvalue weighted by Crippen LogP contribution is 2.47. The van der Waals surface area contributed by atoms with Gasteiger partial charge in [-0.15, -0.1) is 0 Å². The second kappa shape index (κ2) is 37.4. The van der Waals surface area contributed by atoms with Gasteiger partial charge in [0.05, 0.1) is 66.2 Å². The summed E-state index contributed by atoms with van der Waals surface area (Å²) in [6.07, 6.45) is 0. The van der Waals surface area contributed by atoms with E-state index in [-0.39, 0.29) is 0 Å². The average Bonchev–Trinajstić information content (AvgIpc) is 1.59. The van der Waals surface area contributed by atoms with E-state index in [9.17, 15) is 0 Å². The lowest BCUT2D eigenvalue weighted by atomic mass is 9.98. The van der Waals surface area contributed by atoms with Crippen molar-refractivity contribution < 1.29 is 0 Å². The summed E-state index contributed by atoms with van der Waals surface area (Å²) in [6, 6.07) is 211. The number of fused-ring (bicyclic) bond motifs is 18.